The number of carbonyl (C=O) groups excluding carboxylic acids is 1. The van der Waals surface area contributed by atoms with Crippen molar-refractivity contribution in [3.63, 3.8) is 0 Å². The first kappa shape index (κ1) is 19.9. The van der Waals surface area contributed by atoms with Crippen LogP contribution in [0, 0.1) is 11.3 Å². The highest BCUT2D eigenvalue weighted by molar-refractivity contribution is 8.03. The first-order valence-corrected chi connectivity index (χ1v) is 11.9. The highest BCUT2D eigenvalue weighted by atomic mass is 32.2. The molecule has 29 heavy (non-hydrogen) atoms. The molecule has 0 unspecified atom stereocenters. The molecule has 4 nitrogen and oxygen atoms in total. The van der Waals surface area contributed by atoms with Gasteiger partial charge in [0.2, 0.25) is 5.91 Å². The number of fused-ring (bicyclic) bond motifs is 1. The van der Waals surface area contributed by atoms with E-state index in [1.165, 1.54) is 16.1 Å². The van der Waals surface area contributed by atoms with Crippen molar-refractivity contribution in [3.8, 4) is 6.07 Å². The van der Waals surface area contributed by atoms with Crippen molar-refractivity contribution >= 4 is 35.1 Å². The van der Waals surface area contributed by atoms with Crippen LogP contribution < -0.4 is 4.90 Å². The molecule has 2 aromatic rings. The maximum atomic E-state index is 13.1. The summed E-state index contributed by atoms with van der Waals surface area (Å²) in [6.07, 6.45) is 3.33. The average molecular weight is 422 g/mol. The Labute approximate surface area is 180 Å². The average Bonchev–Trinajstić information content (AvgIpc) is 2.79. The number of nitriles is 1. The number of para-hydroxylation sites is 1. The SMILES string of the molecule is CCc1ccccc1N1CSC2=C(C#N)[C@H](c3ccc(SC)cc3)CC(=O)N2C1. The van der Waals surface area contributed by atoms with Gasteiger partial charge in [-0.2, -0.15) is 5.26 Å². The summed E-state index contributed by atoms with van der Waals surface area (Å²) < 4.78 is 0. The van der Waals surface area contributed by atoms with Crippen LogP contribution in [-0.4, -0.2) is 29.6 Å². The van der Waals surface area contributed by atoms with Gasteiger partial charge in [-0.1, -0.05) is 49.0 Å². The number of anilines is 1. The van der Waals surface area contributed by atoms with E-state index in [0.717, 1.165) is 28.5 Å². The number of hydrogen-bond donors (Lipinski definition) is 0. The molecule has 2 heterocycles. The van der Waals surface area contributed by atoms with Crippen LogP contribution in [0.5, 0.6) is 0 Å². The third kappa shape index (κ3) is 3.77. The number of hydrogen-bond acceptors (Lipinski definition) is 5. The third-order valence-corrected chi connectivity index (χ3v) is 7.42. The Morgan fingerprint density at radius 1 is 1.21 bits per heavy atom. The zero-order chi connectivity index (χ0) is 20.4. The Hall–Kier alpha value is -2.36. The Morgan fingerprint density at radius 3 is 2.66 bits per heavy atom. The van der Waals surface area contributed by atoms with Gasteiger partial charge in [0, 0.05) is 22.9 Å². The van der Waals surface area contributed by atoms with Crippen LogP contribution in [0.25, 0.3) is 0 Å². The molecule has 2 aliphatic heterocycles. The molecule has 6 heteroatoms. The standard InChI is InChI=1S/C23H23N3OS2/c1-3-16-6-4-5-7-21(16)25-14-26-22(27)12-19(20(13-24)23(26)29-15-25)17-8-10-18(28-2)11-9-17/h4-11,19H,3,12,14-15H2,1-2H3/t19-/m0/s1. The maximum Gasteiger partial charge on any atom is 0.229 e. The van der Waals surface area contributed by atoms with Crippen LogP contribution in [-0.2, 0) is 11.2 Å². The Balaban J connectivity index is 1.65. The summed E-state index contributed by atoms with van der Waals surface area (Å²) in [6, 6.07) is 19.0. The van der Waals surface area contributed by atoms with E-state index in [-0.39, 0.29) is 11.8 Å². The summed E-state index contributed by atoms with van der Waals surface area (Å²) in [6.45, 7) is 2.65. The number of aryl methyl sites for hydroxylation is 1. The summed E-state index contributed by atoms with van der Waals surface area (Å²) in [4.78, 5) is 18.3. The van der Waals surface area contributed by atoms with Crippen LogP contribution in [0.2, 0.25) is 0 Å². The van der Waals surface area contributed by atoms with E-state index in [0.29, 0.717) is 13.1 Å². The molecule has 1 atom stereocenters. The van der Waals surface area contributed by atoms with Crippen molar-refractivity contribution in [2.75, 3.05) is 23.7 Å². The summed E-state index contributed by atoms with van der Waals surface area (Å²) in [5.41, 5.74) is 4.20. The van der Waals surface area contributed by atoms with Gasteiger partial charge in [-0.15, -0.1) is 11.8 Å². The lowest BCUT2D eigenvalue weighted by Gasteiger charge is -2.42. The molecule has 2 aliphatic rings. The van der Waals surface area contributed by atoms with Crippen LogP contribution >= 0.6 is 23.5 Å². The van der Waals surface area contributed by atoms with Crippen LogP contribution in [0.4, 0.5) is 5.69 Å². The van der Waals surface area contributed by atoms with E-state index in [4.69, 9.17) is 0 Å². The second kappa shape index (κ2) is 8.56. The lowest BCUT2D eigenvalue weighted by molar-refractivity contribution is -0.129. The van der Waals surface area contributed by atoms with Crippen LogP contribution in [0.1, 0.15) is 30.4 Å². The molecule has 0 radical (unpaired) electrons. The molecule has 0 aromatic heterocycles. The second-order valence-electron chi connectivity index (χ2n) is 7.12. The van der Waals surface area contributed by atoms with Gasteiger partial charge in [0.15, 0.2) is 0 Å². The number of rotatable bonds is 4. The van der Waals surface area contributed by atoms with E-state index in [1.54, 1.807) is 28.4 Å². The fraction of sp³-hybridized carbons (Fsp3) is 0.304. The minimum atomic E-state index is -0.156. The lowest BCUT2D eigenvalue weighted by Crippen LogP contribution is -2.47. The van der Waals surface area contributed by atoms with Gasteiger partial charge < -0.3 is 4.90 Å². The molecule has 2 aromatic carbocycles. The van der Waals surface area contributed by atoms with E-state index in [2.05, 4.69) is 60.4 Å². The summed E-state index contributed by atoms with van der Waals surface area (Å²) >= 11 is 3.28. The molecule has 1 saturated heterocycles. The minimum absolute atomic E-state index is 0.0872. The summed E-state index contributed by atoms with van der Waals surface area (Å²) in [5, 5.41) is 10.8. The normalized spacial score (nSPS) is 19.2. The molecule has 0 bridgehead atoms. The highest BCUT2D eigenvalue weighted by Crippen LogP contribution is 2.43. The quantitative estimate of drug-likeness (QED) is 0.636. The first-order chi connectivity index (χ1) is 14.2. The van der Waals surface area contributed by atoms with Crippen LogP contribution in [0.15, 0.2) is 64.0 Å². The first-order valence-electron chi connectivity index (χ1n) is 9.70. The van der Waals surface area contributed by atoms with Crippen molar-refractivity contribution in [2.24, 2.45) is 0 Å². The minimum Gasteiger partial charge on any atom is -0.343 e. The van der Waals surface area contributed by atoms with Gasteiger partial charge in [0.1, 0.15) is 0 Å². The number of thioether (sulfide) groups is 2. The molecule has 0 spiro atoms. The maximum absolute atomic E-state index is 13.1. The van der Waals surface area contributed by atoms with Gasteiger partial charge in [-0.05, 0) is 42.0 Å². The Bertz CT molecular complexity index is 994. The van der Waals surface area contributed by atoms with Gasteiger partial charge in [-0.25, -0.2) is 0 Å². The van der Waals surface area contributed by atoms with E-state index in [9.17, 15) is 10.1 Å². The highest BCUT2D eigenvalue weighted by Gasteiger charge is 2.38. The second-order valence-corrected chi connectivity index (χ2v) is 8.93. The molecule has 1 amide bonds. The topological polar surface area (TPSA) is 47.3 Å². The van der Waals surface area contributed by atoms with Gasteiger partial charge in [-0.3, -0.25) is 9.69 Å². The summed E-state index contributed by atoms with van der Waals surface area (Å²) in [5.74, 6) is 0.667. The van der Waals surface area contributed by atoms with Crippen molar-refractivity contribution in [3.05, 3.63) is 70.3 Å². The Kier molecular flexibility index (Phi) is 5.89. The van der Waals surface area contributed by atoms with E-state index in [1.807, 2.05) is 12.3 Å². The van der Waals surface area contributed by atoms with E-state index < -0.39 is 0 Å². The van der Waals surface area contributed by atoms with Crippen LogP contribution in [0.3, 0.4) is 0 Å². The molecule has 1 fully saturated rings. The number of allylic oxidation sites excluding steroid dienone is 1. The van der Waals surface area contributed by atoms with Crippen molar-refractivity contribution in [1.82, 2.24) is 4.90 Å². The molecule has 4 rings (SSSR count). The third-order valence-electron chi connectivity index (χ3n) is 5.52. The molecule has 0 aliphatic carbocycles. The monoisotopic (exact) mass is 421 g/mol. The zero-order valence-corrected chi connectivity index (χ0v) is 18.2. The molecule has 0 saturated carbocycles. The fourth-order valence-electron chi connectivity index (χ4n) is 3.95. The van der Waals surface area contributed by atoms with Gasteiger partial charge in [0.25, 0.3) is 0 Å². The largest absolute Gasteiger partial charge is 0.343 e. The molecule has 148 valence electrons. The zero-order valence-electron chi connectivity index (χ0n) is 16.6. The smallest absolute Gasteiger partial charge is 0.229 e. The number of nitrogens with zero attached hydrogens (tertiary/aromatic N) is 3. The predicted octanol–water partition coefficient (Wildman–Crippen LogP) is 5.19. The number of carbonyl (C=O) groups is 1. The van der Waals surface area contributed by atoms with Gasteiger partial charge >= 0.3 is 0 Å². The van der Waals surface area contributed by atoms with Crippen molar-refractivity contribution in [2.45, 2.75) is 30.6 Å². The summed E-state index contributed by atoms with van der Waals surface area (Å²) in [7, 11) is 0. The molecular formula is C23H23N3OS2. The van der Waals surface area contributed by atoms with Crippen molar-refractivity contribution in [1.29, 1.82) is 5.26 Å². The number of benzene rings is 2. The van der Waals surface area contributed by atoms with Gasteiger partial charge in [0.05, 0.1) is 29.2 Å². The molecule has 0 N–H and O–H groups in total. The van der Waals surface area contributed by atoms with E-state index >= 15 is 0 Å². The predicted molar refractivity (Wildman–Crippen MR) is 121 cm³/mol. The van der Waals surface area contributed by atoms with Crippen molar-refractivity contribution < 1.29 is 4.79 Å². The molecular weight excluding hydrogens is 398 g/mol. The fourth-order valence-corrected chi connectivity index (χ4v) is 5.52. The Morgan fingerprint density at radius 2 is 1.97 bits per heavy atom. The lowest BCUT2D eigenvalue weighted by atomic mass is 9.86. The number of amides is 1.